The molecule has 6 heteroatoms. The first kappa shape index (κ1) is 15.8. The molecule has 0 amide bonds. The van der Waals surface area contributed by atoms with Gasteiger partial charge in [-0.15, -0.1) is 10.2 Å². The van der Waals surface area contributed by atoms with Crippen molar-refractivity contribution in [3.05, 3.63) is 72.1 Å². The number of anilines is 1. The van der Waals surface area contributed by atoms with Crippen LogP contribution >= 0.6 is 0 Å². The molecular formula is C19H21N5O. The maximum Gasteiger partial charge on any atom is 0.133 e. The highest BCUT2D eigenvalue weighted by molar-refractivity contribution is 5.48. The molecule has 6 nitrogen and oxygen atoms in total. The van der Waals surface area contributed by atoms with E-state index >= 15 is 0 Å². The lowest BCUT2D eigenvalue weighted by atomic mass is 9.75. The monoisotopic (exact) mass is 335 g/mol. The van der Waals surface area contributed by atoms with E-state index in [4.69, 9.17) is 4.74 Å². The molecule has 0 radical (unpaired) electrons. The molecule has 1 saturated heterocycles. The van der Waals surface area contributed by atoms with Crippen LogP contribution in [0.1, 0.15) is 17.1 Å². The van der Waals surface area contributed by atoms with E-state index in [0.29, 0.717) is 19.8 Å². The minimum atomic E-state index is -0.0243. The quantitative estimate of drug-likeness (QED) is 0.749. The fourth-order valence-electron chi connectivity index (χ4n) is 3.14. The van der Waals surface area contributed by atoms with Gasteiger partial charge < -0.3 is 14.6 Å². The highest BCUT2D eigenvalue weighted by Gasteiger charge is 2.41. The fraction of sp³-hybridized carbons (Fsp3) is 0.316. The molecule has 1 aromatic carbocycles. The SMILES string of the molecule is Cn1cnnc1CC1(c2cccc(NCc3ccccn3)c2)COC1. The fourth-order valence-corrected chi connectivity index (χ4v) is 3.14. The van der Waals surface area contributed by atoms with Crippen molar-refractivity contribution in [3.8, 4) is 0 Å². The number of pyridine rings is 1. The van der Waals surface area contributed by atoms with Crippen LogP contribution in [0.5, 0.6) is 0 Å². The van der Waals surface area contributed by atoms with E-state index in [1.165, 1.54) is 5.56 Å². The Morgan fingerprint density at radius 3 is 2.80 bits per heavy atom. The molecule has 3 aromatic rings. The van der Waals surface area contributed by atoms with Crippen LogP contribution in [0.3, 0.4) is 0 Å². The summed E-state index contributed by atoms with van der Waals surface area (Å²) >= 11 is 0. The molecule has 3 heterocycles. The number of ether oxygens (including phenoxy) is 1. The molecule has 128 valence electrons. The van der Waals surface area contributed by atoms with Gasteiger partial charge >= 0.3 is 0 Å². The van der Waals surface area contributed by atoms with Crippen molar-refractivity contribution in [1.82, 2.24) is 19.7 Å². The van der Waals surface area contributed by atoms with Crippen molar-refractivity contribution < 1.29 is 4.74 Å². The van der Waals surface area contributed by atoms with E-state index in [0.717, 1.165) is 23.6 Å². The zero-order chi connectivity index (χ0) is 17.1. The lowest BCUT2D eigenvalue weighted by Crippen LogP contribution is -2.49. The molecule has 1 fully saturated rings. The molecule has 25 heavy (non-hydrogen) atoms. The second-order valence-corrected chi connectivity index (χ2v) is 6.56. The van der Waals surface area contributed by atoms with Gasteiger partial charge in [0.15, 0.2) is 0 Å². The Hall–Kier alpha value is -2.73. The van der Waals surface area contributed by atoms with E-state index in [9.17, 15) is 0 Å². The zero-order valence-corrected chi connectivity index (χ0v) is 14.2. The highest BCUT2D eigenvalue weighted by atomic mass is 16.5. The lowest BCUT2D eigenvalue weighted by Gasteiger charge is -2.41. The molecule has 2 aromatic heterocycles. The number of benzene rings is 1. The van der Waals surface area contributed by atoms with E-state index in [1.54, 1.807) is 6.33 Å². The molecule has 0 saturated carbocycles. The van der Waals surface area contributed by atoms with Crippen LogP contribution in [0.15, 0.2) is 55.0 Å². The van der Waals surface area contributed by atoms with Crippen LogP contribution in [0, 0.1) is 0 Å². The third kappa shape index (κ3) is 3.25. The molecular weight excluding hydrogens is 314 g/mol. The van der Waals surface area contributed by atoms with E-state index in [-0.39, 0.29) is 5.41 Å². The lowest BCUT2D eigenvalue weighted by molar-refractivity contribution is -0.0610. The minimum Gasteiger partial charge on any atom is -0.379 e. The standard InChI is InChI=1S/C19H21N5O/c1-24-14-22-23-18(24)10-19(12-25-13-19)15-5-4-7-16(9-15)21-11-17-6-2-3-8-20-17/h2-9,14,21H,10-13H2,1H3. The topological polar surface area (TPSA) is 64.9 Å². The zero-order valence-electron chi connectivity index (χ0n) is 14.2. The maximum absolute atomic E-state index is 5.56. The number of hydrogen-bond acceptors (Lipinski definition) is 5. The second-order valence-electron chi connectivity index (χ2n) is 6.56. The van der Waals surface area contributed by atoms with Crippen molar-refractivity contribution in [2.75, 3.05) is 18.5 Å². The van der Waals surface area contributed by atoms with Crippen molar-refractivity contribution in [2.45, 2.75) is 18.4 Å². The predicted octanol–water partition coefficient (Wildman–Crippen LogP) is 2.33. The maximum atomic E-state index is 5.56. The molecule has 0 bridgehead atoms. The Balaban J connectivity index is 1.52. The summed E-state index contributed by atoms with van der Waals surface area (Å²) in [5.41, 5.74) is 3.36. The second kappa shape index (κ2) is 6.64. The van der Waals surface area contributed by atoms with Gasteiger partial charge in [-0.3, -0.25) is 4.98 Å². The number of aryl methyl sites for hydroxylation is 1. The van der Waals surface area contributed by atoms with Crippen molar-refractivity contribution >= 4 is 5.69 Å². The Bertz CT molecular complexity index is 842. The Morgan fingerprint density at radius 1 is 1.20 bits per heavy atom. The van der Waals surface area contributed by atoms with Gasteiger partial charge in [0.25, 0.3) is 0 Å². The van der Waals surface area contributed by atoms with Crippen molar-refractivity contribution in [1.29, 1.82) is 0 Å². The average molecular weight is 335 g/mol. The molecule has 0 spiro atoms. The van der Waals surface area contributed by atoms with Crippen LogP contribution in [-0.4, -0.2) is 33.0 Å². The summed E-state index contributed by atoms with van der Waals surface area (Å²) in [6.07, 6.45) is 4.38. The van der Waals surface area contributed by atoms with Gasteiger partial charge in [0.05, 0.1) is 25.5 Å². The molecule has 0 unspecified atom stereocenters. The van der Waals surface area contributed by atoms with Gasteiger partial charge in [0.2, 0.25) is 0 Å². The van der Waals surface area contributed by atoms with Gasteiger partial charge in [0.1, 0.15) is 12.2 Å². The van der Waals surface area contributed by atoms with Gasteiger partial charge in [-0.05, 0) is 29.8 Å². The third-order valence-electron chi connectivity index (χ3n) is 4.73. The van der Waals surface area contributed by atoms with Crippen LogP contribution in [-0.2, 0) is 30.2 Å². The first-order valence-corrected chi connectivity index (χ1v) is 8.40. The Labute approximate surface area is 146 Å². The first-order chi connectivity index (χ1) is 12.3. The van der Waals surface area contributed by atoms with Gasteiger partial charge in [-0.25, -0.2) is 0 Å². The summed E-state index contributed by atoms with van der Waals surface area (Å²) in [6, 6.07) is 14.5. The summed E-state index contributed by atoms with van der Waals surface area (Å²) in [4.78, 5) is 4.35. The number of nitrogens with one attached hydrogen (secondary N) is 1. The summed E-state index contributed by atoms with van der Waals surface area (Å²) < 4.78 is 7.54. The number of aromatic nitrogens is 4. The van der Waals surface area contributed by atoms with E-state index in [1.807, 2.05) is 36.0 Å². The Morgan fingerprint density at radius 2 is 2.12 bits per heavy atom. The Kier molecular flexibility index (Phi) is 4.19. The molecule has 0 atom stereocenters. The van der Waals surface area contributed by atoms with Gasteiger partial charge in [0, 0.05) is 30.8 Å². The third-order valence-corrected chi connectivity index (χ3v) is 4.73. The summed E-state index contributed by atoms with van der Waals surface area (Å²) in [5, 5.41) is 11.7. The van der Waals surface area contributed by atoms with Gasteiger partial charge in [-0.2, -0.15) is 0 Å². The van der Waals surface area contributed by atoms with Crippen molar-refractivity contribution in [2.24, 2.45) is 7.05 Å². The number of hydrogen-bond donors (Lipinski definition) is 1. The summed E-state index contributed by atoms with van der Waals surface area (Å²) in [5.74, 6) is 0.982. The van der Waals surface area contributed by atoms with E-state index in [2.05, 4.69) is 44.8 Å². The van der Waals surface area contributed by atoms with E-state index < -0.39 is 0 Å². The predicted molar refractivity (Wildman–Crippen MR) is 95.2 cm³/mol. The average Bonchev–Trinajstić information content (AvgIpc) is 3.02. The molecule has 0 aliphatic carbocycles. The number of nitrogens with zero attached hydrogens (tertiary/aromatic N) is 4. The van der Waals surface area contributed by atoms with Crippen LogP contribution < -0.4 is 5.32 Å². The van der Waals surface area contributed by atoms with Crippen LogP contribution in [0.25, 0.3) is 0 Å². The smallest absolute Gasteiger partial charge is 0.133 e. The van der Waals surface area contributed by atoms with Crippen LogP contribution in [0.4, 0.5) is 5.69 Å². The van der Waals surface area contributed by atoms with Crippen LogP contribution in [0.2, 0.25) is 0 Å². The highest BCUT2D eigenvalue weighted by Crippen LogP contribution is 2.36. The summed E-state index contributed by atoms with van der Waals surface area (Å²) in [7, 11) is 1.98. The number of rotatable bonds is 6. The van der Waals surface area contributed by atoms with Gasteiger partial charge in [-0.1, -0.05) is 18.2 Å². The molecule has 1 aliphatic heterocycles. The first-order valence-electron chi connectivity index (χ1n) is 8.40. The molecule has 4 rings (SSSR count). The normalized spacial score (nSPS) is 15.6. The largest absolute Gasteiger partial charge is 0.379 e. The minimum absolute atomic E-state index is 0.0243. The molecule has 1 aliphatic rings. The molecule has 1 N–H and O–H groups in total. The summed E-state index contributed by atoms with van der Waals surface area (Å²) in [6.45, 7) is 2.13. The van der Waals surface area contributed by atoms with Crippen molar-refractivity contribution in [3.63, 3.8) is 0 Å².